The molecule has 1 aromatic heterocycles. The molecule has 0 spiro atoms. The second-order valence-electron chi connectivity index (χ2n) is 5.53. The van der Waals surface area contributed by atoms with Crippen molar-refractivity contribution in [3.8, 4) is 0 Å². The highest BCUT2D eigenvalue weighted by molar-refractivity contribution is 5.92. The van der Waals surface area contributed by atoms with Crippen molar-refractivity contribution < 1.29 is 9.90 Å². The predicted molar refractivity (Wildman–Crippen MR) is 77.7 cm³/mol. The maximum absolute atomic E-state index is 12.0. The van der Waals surface area contributed by atoms with E-state index in [0.29, 0.717) is 18.8 Å². The van der Waals surface area contributed by atoms with Crippen LogP contribution in [0.1, 0.15) is 10.5 Å². The molecule has 1 aromatic rings. The van der Waals surface area contributed by atoms with Gasteiger partial charge in [-0.15, -0.1) is 0 Å². The van der Waals surface area contributed by atoms with Crippen LogP contribution in [0.15, 0.2) is 18.3 Å². The zero-order valence-corrected chi connectivity index (χ0v) is 12.2. The van der Waals surface area contributed by atoms with E-state index >= 15 is 0 Å². The summed E-state index contributed by atoms with van der Waals surface area (Å²) in [5.41, 5.74) is 0.555. The van der Waals surface area contributed by atoms with Crippen LogP contribution in [0.4, 0.5) is 0 Å². The number of hydrogen-bond acceptors (Lipinski definition) is 4. The number of aliphatic hydroxyl groups is 1. The van der Waals surface area contributed by atoms with E-state index in [4.69, 9.17) is 0 Å². The molecule has 1 unspecified atom stereocenters. The number of nitrogens with zero attached hydrogens (tertiary/aromatic N) is 3. The average Bonchev–Trinajstić information content (AvgIpc) is 2.94. The number of carbonyl (C=O) groups excluding carboxylic acids is 1. The standard InChI is InChI=1S/C14H24N4O2/c1-16-6-8-18(9-7-16)11-12(19)10-17(2)14(20)13-4-3-5-15-13/h3-5,12,15,19H,6-11H2,1-2H3. The van der Waals surface area contributed by atoms with Crippen LogP contribution in [0.2, 0.25) is 0 Å². The molecular formula is C14H24N4O2. The van der Waals surface area contributed by atoms with Crippen LogP contribution >= 0.6 is 0 Å². The Hall–Kier alpha value is -1.37. The number of H-pyrrole nitrogens is 1. The minimum absolute atomic E-state index is 0.0903. The Morgan fingerprint density at radius 2 is 2.15 bits per heavy atom. The number of hydrogen-bond donors (Lipinski definition) is 2. The highest BCUT2D eigenvalue weighted by Crippen LogP contribution is 2.04. The van der Waals surface area contributed by atoms with Gasteiger partial charge in [0, 0.05) is 52.5 Å². The van der Waals surface area contributed by atoms with Gasteiger partial charge in [-0.2, -0.15) is 0 Å². The van der Waals surface area contributed by atoms with E-state index in [1.165, 1.54) is 0 Å². The minimum Gasteiger partial charge on any atom is -0.390 e. The molecule has 20 heavy (non-hydrogen) atoms. The summed E-state index contributed by atoms with van der Waals surface area (Å²) < 4.78 is 0. The first kappa shape index (κ1) is 15.0. The SMILES string of the molecule is CN1CCN(CC(O)CN(C)C(=O)c2ccc[nH]2)CC1. The van der Waals surface area contributed by atoms with Crippen molar-refractivity contribution in [2.45, 2.75) is 6.10 Å². The van der Waals surface area contributed by atoms with Crippen molar-refractivity contribution in [1.29, 1.82) is 0 Å². The predicted octanol–water partition coefficient (Wildman–Crippen LogP) is -0.305. The fraction of sp³-hybridized carbons (Fsp3) is 0.643. The first-order valence-electron chi connectivity index (χ1n) is 7.04. The van der Waals surface area contributed by atoms with Gasteiger partial charge >= 0.3 is 0 Å². The van der Waals surface area contributed by atoms with Crippen molar-refractivity contribution in [2.75, 3.05) is 53.4 Å². The van der Waals surface area contributed by atoms with Gasteiger partial charge in [0.25, 0.3) is 5.91 Å². The summed E-state index contributed by atoms with van der Waals surface area (Å²) in [7, 11) is 3.83. The van der Waals surface area contributed by atoms with Crippen LogP contribution in [-0.2, 0) is 0 Å². The molecule has 0 radical (unpaired) electrons. The van der Waals surface area contributed by atoms with Gasteiger partial charge in [-0.05, 0) is 19.2 Å². The number of aliphatic hydroxyl groups excluding tert-OH is 1. The maximum Gasteiger partial charge on any atom is 0.270 e. The van der Waals surface area contributed by atoms with Crippen molar-refractivity contribution in [2.24, 2.45) is 0 Å². The Morgan fingerprint density at radius 3 is 2.75 bits per heavy atom. The zero-order chi connectivity index (χ0) is 14.5. The summed E-state index contributed by atoms with van der Waals surface area (Å²) in [4.78, 5) is 21.0. The quantitative estimate of drug-likeness (QED) is 0.777. The number of nitrogens with one attached hydrogen (secondary N) is 1. The van der Waals surface area contributed by atoms with Crippen LogP contribution in [0.25, 0.3) is 0 Å². The van der Waals surface area contributed by atoms with Gasteiger partial charge in [-0.1, -0.05) is 0 Å². The second kappa shape index (κ2) is 6.88. The number of piperazine rings is 1. The van der Waals surface area contributed by atoms with Crippen LogP contribution < -0.4 is 0 Å². The molecule has 1 saturated heterocycles. The fourth-order valence-electron chi connectivity index (χ4n) is 2.45. The van der Waals surface area contributed by atoms with Crippen LogP contribution in [0, 0.1) is 0 Å². The fourth-order valence-corrected chi connectivity index (χ4v) is 2.45. The molecule has 112 valence electrons. The molecular weight excluding hydrogens is 256 g/mol. The third-order valence-corrected chi connectivity index (χ3v) is 3.72. The molecule has 2 rings (SSSR count). The Labute approximate surface area is 120 Å². The Kier molecular flexibility index (Phi) is 5.17. The number of carbonyl (C=O) groups is 1. The van der Waals surface area contributed by atoms with Crippen LogP contribution in [-0.4, -0.2) is 90.2 Å². The monoisotopic (exact) mass is 280 g/mol. The highest BCUT2D eigenvalue weighted by atomic mass is 16.3. The van der Waals surface area contributed by atoms with Crippen LogP contribution in [0.5, 0.6) is 0 Å². The molecule has 2 heterocycles. The van der Waals surface area contributed by atoms with Crippen molar-refractivity contribution in [3.05, 3.63) is 24.0 Å². The lowest BCUT2D eigenvalue weighted by atomic mass is 10.2. The van der Waals surface area contributed by atoms with E-state index in [2.05, 4.69) is 21.8 Å². The normalized spacial score (nSPS) is 18.9. The van der Waals surface area contributed by atoms with Gasteiger partial charge in [0.1, 0.15) is 5.69 Å². The molecule has 1 amide bonds. The number of rotatable bonds is 5. The van der Waals surface area contributed by atoms with E-state index in [0.717, 1.165) is 26.2 Å². The van der Waals surface area contributed by atoms with Gasteiger partial charge in [-0.3, -0.25) is 9.69 Å². The van der Waals surface area contributed by atoms with Gasteiger partial charge < -0.3 is 19.9 Å². The summed E-state index contributed by atoms with van der Waals surface area (Å²) >= 11 is 0. The first-order valence-corrected chi connectivity index (χ1v) is 7.04. The Bertz CT molecular complexity index is 413. The molecule has 1 aliphatic rings. The van der Waals surface area contributed by atoms with Crippen LogP contribution in [0.3, 0.4) is 0 Å². The summed E-state index contributed by atoms with van der Waals surface area (Å²) in [5.74, 6) is -0.0903. The third kappa shape index (κ3) is 4.06. The lowest BCUT2D eigenvalue weighted by Crippen LogP contribution is -2.49. The summed E-state index contributed by atoms with van der Waals surface area (Å²) in [6.07, 6.45) is 1.21. The van der Waals surface area contributed by atoms with E-state index < -0.39 is 6.10 Å². The van der Waals surface area contributed by atoms with E-state index in [1.54, 1.807) is 30.3 Å². The van der Waals surface area contributed by atoms with E-state index in [9.17, 15) is 9.90 Å². The highest BCUT2D eigenvalue weighted by Gasteiger charge is 2.20. The third-order valence-electron chi connectivity index (χ3n) is 3.72. The Morgan fingerprint density at radius 1 is 1.45 bits per heavy atom. The van der Waals surface area contributed by atoms with Crippen molar-refractivity contribution in [3.63, 3.8) is 0 Å². The van der Waals surface area contributed by atoms with E-state index in [1.807, 2.05) is 0 Å². The van der Waals surface area contributed by atoms with Crippen molar-refractivity contribution in [1.82, 2.24) is 19.7 Å². The lowest BCUT2D eigenvalue weighted by Gasteiger charge is -2.34. The van der Waals surface area contributed by atoms with E-state index in [-0.39, 0.29) is 5.91 Å². The summed E-state index contributed by atoms with van der Waals surface area (Å²) in [6.45, 7) is 4.98. The average molecular weight is 280 g/mol. The molecule has 0 bridgehead atoms. The molecule has 2 N–H and O–H groups in total. The van der Waals surface area contributed by atoms with Gasteiger partial charge in [0.05, 0.1) is 6.10 Å². The summed E-state index contributed by atoms with van der Waals surface area (Å²) in [5, 5.41) is 10.1. The number of aromatic amines is 1. The zero-order valence-electron chi connectivity index (χ0n) is 12.2. The number of β-amino-alcohol motifs (C(OH)–C–C–N with tert-alkyl or cyclic N) is 1. The molecule has 6 nitrogen and oxygen atoms in total. The smallest absolute Gasteiger partial charge is 0.270 e. The largest absolute Gasteiger partial charge is 0.390 e. The maximum atomic E-state index is 12.0. The van der Waals surface area contributed by atoms with Crippen molar-refractivity contribution >= 4 is 5.91 Å². The summed E-state index contributed by atoms with van der Waals surface area (Å²) in [6, 6.07) is 3.54. The molecule has 6 heteroatoms. The lowest BCUT2D eigenvalue weighted by molar-refractivity contribution is 0.0499. The topological polar surface area (TPSA) is 62.8 Å². The molecule has 0 saturated carbocycles. The van der Waals surface area contributed by atoms with Gasteiger partial charge in [0.15, 0.2) is 0 Å². The molecule has 1 fully saturated rings. The number of amides is 1. The first-order chi connectivity index (χ1) is 9.56. The minimum atomic E-state index is -0.512. The Balaban J connectivity index is 1.76. The molecule has 1 aliphatic heterocycles. The van der Waals surface area contributed by atoms with Gasteiger partial charge in [0.2, 0.25) is 0 Å². The second-order valence-corrected chi connectivity index (χ2v) is 5.53. The number of aromatic nitrogens is 1. The number of likely N-dealkylation sites (N-methyl/N-ethyl adjacent to an activating group) is 2. The molecule has 0 aromatic carbocycles. The van der Waals surface area contributed by atoms with Gasteiger partial charge in [-0.25, -0.2) is 0 Å². The molecule has 1 atom stereocenters. The molecule has 0 aliphatic carbocycles.